The Morgan fingerprint density at radius 3 is 2.61 bits per heavy atom. The number of rotatable bonds is 0. The molecule has 2 nitrogen and oxygen atoms in total. The van der Waals surface area contributed by atoms with E-state index in [0.717, 1.165) is 28.2 Å². The molecule has 0 fully saturated rings. The monoisotopic (exact) mass is 258 g/mol. The normalized spacial score (nSPS) is 13.6. The van der Waals surface area contributed by atoms with Crippen molar-refractivity contribution in [2.75, 3.05) is 0 Å². The molecule has 0 saturated carbocycles. The number of phenols is 2. The van der Waals surface area contributed by atoms with Crippen LogP contribution in [0.1, 0.15) is 16.7 Å². The van der Waals surface area contributed by atoms with Gasteiger partial charge in [0.05, 0.1) is 0 Å². The third-order valence-electron chi connectivity index (χ3n) is 3.33. The molecule has 0 aliphatic carbocycles. The van der Waals surface area contributed by atoms with Gasteiger partial charge in [-0.05, 0) is 66.8 Å². The average Bonchev–Trinajstić information content (AvgIpc) is 2.47. The van der Waals surface area contributed by atoms with E-state index in [9.17, 15) is 10.2 Å². The Balaban J connectivity index is 2.12. The number of aromatic hydroxyl groups is 2. The van der Waals surface area contributed by atoms with Crippen molar-refractivity contribution in [1.29, 1.82) is 0 Å². The van der Waals surface area contributed by atoms with Crippen LogP contribution in [-0.2, 0) is 12.8 Å². The lowest BCUT2D eigenvalue weighted by molar-refractivity contribution is 0.472. The number of hydrogen-bond acceptors (Lipinski definition) is 3. The van der Waals surface area contributed by atoms with Crippen molar-refractivity contribution >= 4 is 11.8 Å². The molecule has 3 rings (SSSR count). The van der Waals surface area contributed by atoms with Gasteiger partial charge in [0, 0.05) is 9.79 Å². The van der Waals surface area contributed by atoms with Crippen molar-refractivity contribution in [2.24, 2.45) is 0 Å². The smallest absolute Gasteiger partial charge is 0.116 e. The van der Waals surface area contributed by atoms with Gasteiger partial charge in [0.2, 0.25) is 0 Å². The summed E-state index contributed by atoms with van der Waals surface area (Å²) in [6.07, 6.45) is 1.88. The number of aryl methyl sites for hydroxylation is 2. The molecular weight excluding hydrogens is 244 g/mol. The maximum atomic E-state index is 9.70. The van der Waals surface area contributed by atoms with Crippen molar-refractivity contribution in [3.63, 3.8) is 0 Å². The summed E-state index contributed by atoms with van der Waals surface area (Å²) in [6.45, 7) is 2.03. The first-order valence-electron chi connectivity index (χ1n) is 5.96. The van der Waals surface area contributed by atoms with E-state index < -0.39 is 0 Å². The summed E-state index contributed by atoms with van der Waals surface area (Å²) >= 11 is 1.67. The molecule has 0 radical (unpaired) electrons. The highest BCUT2D eigenvalue weighted by Gasteiger charge is 2.16. The van der Waals surface area contributed by atoms with Crippen molar-refractivity contribution in [1.82, 2.24) is 0 Å². The summed E-state index contributed by atoms with van der Waals surface area (Å²) in [7, 11) is 0. The summed E-state index contributed by atoms with van der Waals surface area (Å²) in [5.41, 5.74) is 3.61. The molecule has 0 atom stereocenters. The zero-order valence-electron chi connectivity index (χ0n) is 10.1. The lowest BCUT2D eigenvalue weighted by atomic mass is 10.0. The van der Waals surface area contributed by atoms with Gasteiger partial charge in [-0.1, -0.05) is 11.8 Å². The molecule has 1 aliphatic rings. The number of fused-ring (bicyclic) bond motifs is 2. The molecular formula is C15H14O2S. The Bertz CT molecular complexity index is 620. The molecule has 2 aromatic carbocycles. The fourth-order valence-electron chi connectivity index (χ4n) is 2.42. The first kappa shape index (κ1) is 11.5. The Morgan fingerprint density at radius 2 is 1.78 bits per heavy atom. The minimum absolute atomic E-state index is 0.319. The van der Waals surface area contributed by atoms with Gasteiger partial charge < -0.3 is 10.2 Å². The minimum atomic E-state index is 0.319. The molecule has 0 amide bonds. The zero-order valence-corrected chi connectivity index (χ0v) is 10.9. The van der Waals surface area contributed by atoms with Gasteiger partial charge in [0.1, 0.15) is 11.5 Å². The number of phenolic OH excluding ortho intramolecular Hbond substituents is 2. The summed E-state index contributed by atoms with van der Waals surface area (Å²) in [5, 5.41) is 19.2. The van der Waals surface area contributed by atoms with Crippen molar-refractivity contribution in [3.05, 3.63) is 47.0 Å². The van der Waals surface area contributed by atoms with Crippen LogP contribution >= 0.6 is 11.8 Å². The molecule has 0 unspecified atom stereocenters. The minimum Gasteiger partial charge on any atom is -0.508 e. The topological polar surface area (TPSA) is 40.5 Å². The first-order valence-corrected chi connectivity index (χ1v) is 6.77. The van der Waals surface area contributed by atoms with Crippen LogP contribution in [0.4, 0.5) is 0 Å². The Kier molecular flexibility index (Phi) is 2.71. The fourth-order valence-corrected chi connectivity index (χ4v) is 3.65. The maximum Gasteiger partial charge on any atom is 0.116 e. The van der Waals surface area contributed by atoms with Gasteiger partial charge in [-0.15, -0.1) is 0 Å². The predicted molar refractivity (Wildman–Crippen MR) is 72.5 cm³/mol. The number of hydrogen-bond donors (Lipinski definition) is 2. The van der Waals surface area contributed by atoms with Crippen molar-refractivity contribution in [3.8, 4) is 11.5 Å². The van der Waals surface area contributed by atoms with Crippen LogP contribution in [0.3, 0.4) is 0 Å². The van der Waals surface area contributed by atoms with Gasteiger partial charge in [-0.25, -0.2) is 0 Å². The van der Waals surface area contributed by atoms with E-state index in [1.165, 1.54) is 11.1 Å². The summed E-state index contributed by atoms with van der Waals surface area (Å²) in [5.74, 6) is 0.640. The summed E-state index contributed by atoms with van der Waals surface area (Å²) < 4.78 is 0. The average molecular weight is 258 g/mol. The third-order valence-corrected chi connectivity index (χ3v) is 4.53. The second-order valence-electron chi connectivity index (χ2n) is 4.63. The molecule has 1 heterocycles. The molecule has 92 valence electrons. The SMILES string of the molecule is Cc1cc(O)cc2c1CCc1cc(O)ccc1S2. The molecule has 1 aliphatic heterocycles. The van der Waals surface area contributed by atoms with Crippen LogP contribution in [0.15, 0.2) is 40.1 Å². The zero-order chi connectivity index (χ0) is 12.7. The quantitative estimate of drug-likeness (QED) is 0.757. The van der Waals surface area contributed by atoms with Crippen molar-refractivity contribution < 1.29 is 10.2 Å². The lowest BCUT2D eigenvalue weighted by Crippen LogP contribution is -1.93. The predicted octanol–water partition coefficient (Wildman–Crippen LogP) is 3.66. The van der Waals surface area contributed by atoms with Crippen LogP contribution in [0.5, 0.6) is 11.5 Å². The van der Waals surface area contributed by atoms with Crippen molar-refractivity contribution in [2.45, 2.75) is 29.6 Å². The van der Waals surface area contributed by atoms with E-state index in [0.29, 0.717) is 11.5 Å². The molecule has 3 heteroatoms. The van der Waals surface area contributed by atoms with Gasteiger partial charge >= 0.3 is 0 Å². The second kappa shape index (κ2) is 4.25. The summed E-state index contributed by atoms with van der Waals surface area (Å²) in [6, 6.07) is 9.14. The standard InChI is InChI=1S/C15H14O2S/c1-9-6-12(17)8-15-13(9)4-2-10-7-11(16)3-5-14(10)18-15/h3,5-8,16-17H,2,4H2,1H3. The molecule has 18 heavy (non-hydrogen) atoms. The van der Waals surface area contributed by atoms with Crippen LogP contribution in [0, 0.1) is 6.92 Å². The third kappa shape index (κ3) is 1.95. The van der Waals surface area contributed by atoms with E-state index >= 15 is 0 Å². The molecule has 2 N–H and O–H groups in total. The summed E-state index contributed by atoms with van der Waals surface area (Å²) in [4.78, 5) is 2.29. The molecule has 0 spiro atoms. The van der Waals surface area contributed by atoms with Gasteiger partial charge in [0.15, 0.2) is 0 Å². The Labute approximate surface area is 110 Å². The first-order chi connectivity index (χ1) is 8.63. The van der Waals surface area contributed by atoms with Crippen LogP contribution in [0.2, 0.25) is 0 Å². The van der Waals surface area contributed by atoms with E-state index in [-0.39, 0.29) is 0 Å². The largest absolute Gasteiger partial charge is 0.508 e. The highest BCUT2D eigenvalue weighted by Crippen LogP contribution is 2.40. The van der Waals surface area contributed by atoms with E-state index in [2.05, 4.69) is 0 Å². The van der Waals surface area contributed by atoms with E-state index in [1.807, 2.05) is 31.2 Å². The highest BCUT2D eigenvalue weighted by molar-refractivity contribution is 7.99. The molecule has 0 bridgehead atoms. The van der Waals surface area contributed by atoms with E-state index in [4.69, 9.17) is 0 Å². The molecule has 0 aromatic heterocycles. The van der Waals surface area contributed by atoms with Crippen LogP contribution in [0.25, 0.3) is 0 Å². The Hall–Kier alpha value is -1.61. The Morgan fingerprint density at radius 1 is 0.944 bits per heavy atom. The fraction of sp³-hybridized carbons (Fsp3) is 0.200. The maximum absolute atomic E-state index is 9.70. The molecule has 2 aromatic rings. The number of benzene rings is 2. The van der Waals surface area contributed by atoms with Gasteiger partial charge in [-0.3, -0.25) is 0 Å². The van der Waals surface area contributed by atoms with Crippen LogP contribution in [-0.4, -0.2) is 10.2 Å². The lowest BCUT2D eigenvalue weighted by Gasteiger charge is -2.09. The van der Waals surface area contributed by atoms with Crippen LogP contribution < -0.4 is 0 Å². The second-order valence-corrected chi connectivity index (χ2v) is 5.72. The highest BCUT2D eigenvalue weighted by atomic mass is 32.2. The van der Waals surface area contributed by atoms with E-state index in [1.54, 1.807) is 17.8 Å². The molecule has 0 saturated heterocycles. The van der Waals surface area contributed by atoms with Gasteiger partial charge in [0.25, 0.3) is 0 Å². The van der Waals surface area contributed by atoms with Gasteiger partial charge in [-0.2, -0.15) is 0 Å².